The first-order valence-corrected chi connectivity index (χ1v) is 7.13. The topological polar surface area (TPSA) is 42.0 Å². The molecule has 0 amide bonds. The summed E-state index contributed by atoms with van der Waals surface area (Å²) in [4.78, 5) is 16.7. The Labute approximate surface area is 117 Å². The Bertz CT molecular complexity index is 561. The van der Waals surface area contributed by atoms with Crippen LogP contribution in [0.25, 0.3) is 11.3 Å². The van der Waals surface area contributed by atoms with Crippen molar-refractivity contribution in [1.82, 2.24) is 10.3 Å². The van der Waals surface area contributed by atoms with Gasteiger partial charge in [0.1, 0.15) is 5.01 Å². The maximum absolute atomic E-state index is 12.1. The quantitative estimate of drug-likeness (QED) is 0.911. The van der Waals surface area contributed by atoms with Crippen LogP contribution in [0, 0.1) is 0 Å². The SMILES string of the molecule is CNC(C)(C)C(=O)Cc1nc(-c2ccccc2)cs1. The third-order valence-corrected chi connectivity index (χ3v) is 4.10. The van der Waals surface area contributed by atoms with Crippen LogP contribution in [0.4, 0.5) is 0 Å². The van der Waals surface area contributed by atoms with Crippen molar-refractivity contribution < 1.29 is 4.79 Å². The number of hydrogen-bond donors (Lipinski definition) is 1. The van der Waals surface area contributed by atoms with E-state index in [1.165, 1.54) is 11.3 Å². The van der Waals surface area contributed by atoms with Gasteiger partial charge in [-0.05, 0) is 20.9 Å². The van der Waals surface area contributed by atoms with Gasteiger partial charge in [0, 0.05) is 10.9 Å². The monoisotopic (exact) mass is 274 g/mol. The number of carbonyl (C=O) groups is 1. The first-order chi connectivity index (χ1) is 9.03. The van der Waals surface area contributed by atoms with Crippen molar-refractivity contribution in [3.05, 3.63) is 40.7 Å². The highest BCUT2D eigenvalue weighted by molar-refractivity contribution is 7.10. The van der Waals surface area contributed by atoms with Gasteiger partial charge in [0.25, 0.3) is 0 Å². The number of rotatable bonds is 5. The van der Waals surface area contributed by atoms with Gasteiger partial charge in [0.05, 0.1) is 17.7 Å². The van der Waals surface area contributed by atoms with Gasteiger partial charge in [-0.1, -0.05) is 30.3 Å². The number of thiazole rings is 1. The van der Waals surface area contributed by atoms with Gasteiger partial charge >= 0.3 is 0 Å². The van der Waals surface area contributed by atoms with Gasteiger partial charge in [-0.15, -0.1) is 11.3 Å². The van der Waals surface area contributed by atoms with Crippen molar-refractivity contribution in [3.63, 3.8) is 0 Å². The summed E-state index contributed by atoms with van der Waals surface area (Å²) in [6, 6.07) is 10.0. The standard InChI is InChI=1S/C15H18N2OS/c1-15(2,16-3)13(18)9-14-17-12(10-19-14)11-7-5-4-6-8-11/h4-8,10,16H,9H2,1-3H3. The lowest BCUT2D eigenvalue weighted by Crippen LogP contribution is -2.45. The Hall–Kier alpha value is -1.52. The van der Waals surface area contributed by atoms with E-state index in [-0.39, 0.29) is 5.78 Å². The average Bonchev–Trinajstić information content (AvgIpc) is 2.88. The van der Waals surface area contributed by atoms with Crippen LogP contribution in [0.1, 0.15) is 18.9 Å². The summed E-state index contributed by atoms with van der Waals surface area (Å²) in [6.45, 7) is 3.78. The molecule has 1 heterocycles. The van der Waals surface area contributed by atoms with Crippen LogP contribution in [0.5, 0.6) is 0 Å². The summed E-state index contributed by atoms with van der Waals surface area (Å²) in [5.74, 6) is 0.156. The Morgan fingerprint density at radius 1 is 1.32 bits per heavy atom. The molecular weight excluding hydrogens is 256 g/mol. The minimum Gasteiger partial charge on any atom is -0.308 e. The van der Waals surface area contributed by atoms with E-state index in [0.29, 0.717) is 6.42 Å². The zero-order valence-electron chi connectivity index (χ0n) is 11.4. The number of ketones is 1. The number of likely N-dealkylation sites (N-methyl/N-ethyl adjacent to an activating group) is 1. The van der Waals surface area contributed by atoms with E-state index in [9.17, 15) is 4.79 Å². The van der Waals surface area contributed by atoms with Crippen LogP contribution >= 0.6 is 11.3 Å². The summed E-state index contributed by atoms with van der Waals surface area (Å²) < 4.78 is 0. The third-order valence-electron chi connectivity index (χ3n) is 3.26. The van der Waals surface area contributed by atoms with Crippen molar-refractivity contribution in [1.29, 1.82) is 0 Å². The molecule has 19 heavy (non-hydrogen) atoms. The van der Waals surface area contributed by atoms with Crippen LogP contribution in [0.3, 0.4) is 0 Å². The summed E-state index contributed by atoms with van der Waals surface area (Å²) in [5.41, 5.74) is 1.53. The Balaban J connectivity index is 2.13. The second-order valence-electron chi connectivity index (χ2n) is 4.97. The molecule has 0 atom stereocenters. The van der Waals surface area contributed by atoms with E-state index in [1.807, 2.05) is 49.6 Å². The van der Waals surface area contributed by atoms with Gasteiger partial charge < -0.3 is 5.32 Å². The molecule has 0 saturated heterocycles. The van der Waals surface area contributed by atoms with Crippen LogP contribution < -0.4 is 5.32 Å². The fourth-order valence-electron chi connectivity index (χ4n) is 1.63. The first-order valence-electron chi connectivity index (χ1n) is 6.25. The molecular formula is C15H18N2OS. The van der Waals surface area contributed by atoms with Crippen molar-refractivity contribution in [2.24, 2.45) is 0 Å². The average molecular weight is 274 g/mol. The molecule has 0 aliphatic rings. The number of aromatic nitrogens is 1. The van der Waals surface area contributed by atoms with Gasteiger partial charge in [-0.3, -0.25) is 4.79 Å². The fraction of sp³-hybridized carbons (Fsp3) is 0.333. The minimum atomic E-state index is -0.501. The Morgan fingerprint density at radius 2 is 2.00 bits per heavy atom. The summed E-state index contributed by atoms with van der Waals surface area (Å²) in [6.07, 6.45) is 0.380. The molecule has 0 aliphatic heterocycles. The molecule has 0 radical (unpaired) electrons. The zero-order valence-corrected chi connectivity index (χ0v) is 12.3. The molecule has 4 heteroatoms. The van der Waals surface area contributed by atoms with Crippen LogP contribution in [0.15, 0.2) is 35.7 Å². The zero-order chi connectivity index (χ0) is 13.9. The highest BCUT2D eigenvalue weighted by Crippen LogP contribution is 2.22. The lowest BCUT2D eigenvalue weighted by atomic mass is 9.97. The predicted molar refractivity (Wildman–Crippen MR) is 79.4 cm³/mol. The maximum Gasteiger partial charge on any atom is 0.159 e. The molecule has 0 saturated carbocycles. The smallest absolute Gasteiger partial charge is 0.159 e. The molecule has 2 aromatic rings. The Morgan fingerprint density at radius 3 is 2.63 bits per heavy atom. The predicted octanol–water partition coefficient (Wildman–Crippen LogP) is 2.92. The molecule has 1 aromatic carbocycles. The number of Topliss-reactive ketones (excluding diaryl/α,β-unsaturated/α-hetero) is 1. The molecule has 0 unspecified atom stereocenters. The molecule has 1 N–H and O–H groups in total. The second-order valence-corrected chi connectivity index (χ2v) is 5.91. The second kappa shape index (κ2) is 5.63. The van der Waals surface area contributed by atoms with Gasteiger partial charge in [-0.2, -0.15) is 0 Å². The van der Waals surface area contributed by atoms with E-state index in [4.69, 9.17) is 0 Å². The van der Waals surface area contributed by atoms with Crippen LogP contribution in [-0.4, -0.2) is 23.4 Å². The van der Waals surface area contributed by atoms with Crippen LogP contribution in [0.2, 0.25) is 0 Å². The molecule has 0 aliphatic carbocycles. The van der Waals surface area contributed by atoms with E-state index in [1.54, 1.807) is 7.05 Å². The summed E-state index contributed by atoms with van der Waals surface area (Å²) >= 11 is 1.54. The summed E-state index contributed by atoms with van der Waals surface area (Å²) in [5, 5.41) is 5.90. The van der Waals surface area contributed by atoms with E-state index < -0.39 is 5.54 Å². The summed E-state index contributed by atoms with van der Waals surface area (Å²) in [7, 11) is 1.80. The minimum absolute atomic E-state index is 0.156. The molecule has 0 spiro atoms. The normalized spacial score (nSPS) is 11.5. The van der Waals surface area contributed by atoms with Crippen molar-refractivity contribution in [2.75, 3.05) is 7.05 Å². The van der Waals surface area contributed by atoms with Crippen molar-refractivity contribution in [3.8, 4) is 11.3 Å². The highest BCUT2D eigenvalue weighted by Gasteiger charge is 2.25. The number of hydrogen-bond acceptors (Lipinski definition) is 4. The molecule has 100 valence electrons. The van der Waals surface area contributed by atoms with Crippen LogP contribution in [-0.2, 0) is 11.2 Å². The fourth-order valence-corrected chi connectivity index (χ4v) is 2.43. The van der Waals surface area contributed by atoms with E-state index in [2.05, 4.69) is 10.3 Å². The van der Waals surface area contributed by atoms with E-state index in [0.717, 1.165) is 16.3 Å². The number of carbonyl (C=O) groups excluding carboxylic acids is 1. The molecule has 1 aromatic heterocycles. The molecule has 2 rings (SSSR count). The first kappa shape index (κ1) is 13.9. The van der Waals surface area contributed by atoms with Gasteiger partial charge in [0.15, 0.2) is 5.78 Å². The highest BCUT2D eigenvalue weighted by atomic mass is 32.1. The van der Waals surface area contributed by atoms with Crippen molar-refractivity contribution >= 4 is 17.1 Å². The number of nitrogens with one attached hydrogen (secondary N) is 1. The number of benzene rings is 1. The molecule has 0 fully saturated rings. The number of nitrogens with zero attached hydrogens (tertiary/aromatic N) is 1. The third kappa shape index (κ3) is 3.28. The Kier molecular flexibility index (Phi) is 4.12. The lowest BCUT2D eigenvalue weighted by Gasteiger charge is -2.21. The van der Waals surface area contributed by atoms with Gasteiger partial charge in [0.2, 0.25) is 0 Å². The van der Waals surface area contributed by atoms with Gasteiger partial charge in [-0.25, -0.2) is 4.98 Å². The molecule has 0 bridgehead atoms. The maximum atomic E-state index is 12.1. The lowest BCUT2D eigenvalue weighted by molar-refractivity contribution is -0.123. The van der Waals surface area contributed by atoms with Crippen molar-refractivity contribution in [2.45, 2.75) is 25.8 Å². The molecule has 3 nitrogen and oxygen atoms in total. The largest absolute Gasteiger partial charge is 0.308 e. The van der Waals surface area contributed by atoms with E-state index >= 15 is 0 Å².